The first-order valence-electron chi connectivity index (χ1n) is 12.7. The van der Waals surface area contributed by atoms with E-state index < -0.39 is 0 Å². The molecular formula is C25H39N7O3S. The van der Waals surface area contributed by atoms with Gasteiger partial charge in [-0.15, -0.1) is 0 Å². The van der Waals surface area contributed by atoms with Crippen molar-refractivity contribution in [3.05, 3.63) is 45.9 Å². The zero-order chi connectivity index (χ0) is 25.9. The average Bonchev–Trinajstić information content (AvgIpc) is 3.20. The number of aromatic nitrogens is 3. The highest BCUT2D eigenvalue weighted by Crippen LogP contribution is 2.12. The van der Waals surface area contributed by atoms with Crippen LogP contribution in [0.2, 0.25) is 0 Å². The van der Waals surface area contributed by atoms with Gasteiger partial charge in [0.1, 0.15) is 18.8 Å². The van der Waals surface area contributed by atoms with Crippen LogP contribution in [0.3, 0.4) is 0 Å². The van der Waals surface area contributed by atoms with Crippen LogP contribution in [-0.4, -0.2) is 50.8 Å². The topological polar surface area (TPSA) is 122 Å². The van der Waals surface area contributed by atoms with Crippen LogP contribution in [0.15, 0.2) is 23.3 Å². The number of rotatable bonds is 13. The van der Waals surface area contributed by atoms with Crippen LogP contribution in [0.1, 0.15) is 56.1 Å². The number of nitrogens with one attached hydrogen (secondary N) is 4. The lowest BCUT2D eigenvalue weighted by Gasteiger charge is -2.24. The Morgan fingerprint density at radius 1 is 1.19 bits per heavy atom. The lowest BCUT2D eigenvalue weighted by Crippen LogP contribution is -2.46. The molecule has 0 spiro atoms. The molecule has 1 aliphatic rings. The maximum absolute atomic E-state index is 12.9. The van der Waals surface area contributed by atoms with Crippen molar-refractivity contribution in [1.82, 2.24) is 30.1 Å². The van der Waals surface area contributed by atoms with E-state index in [0.717, 1.165) is 62.3 Å². The first-order valence-corrected chi connectivity index (χ1v) is 13.7. The number of carbonyl (C=O) groups excluding carboxylic acids is 2. The van der Waals surface area contributed by atoms with Crippen LogP contribution in [-0.2, 0) is 29.2 Å². The van der Waals surface area contributed by atoms with E-state index in [0.29, 0.717) is 11.4 Å². The predicted octanol–water partition coefficient (Wildman–Crippen LogP) is 2.10. The number of anilines is 1. The third kappa shape index (κ3) is 8.12. The Labute approximate surface area is 217 Å². The van der Waals surface area contributed by atoms with Gasteiger partial charge in [0.05, 0.1) is 24.3 Å². The van der Waals surface area contributed by atoms with Gasteiger partial charge in [-0.3, -0.25) is 14.4 Å². The van der Waals surface area contributed by atoms with E-state index in [1.54, 1.807) is 17.0 Å². The van der Waals surface area contributed by atoms with Crippen molar-refractivity contribution >= 4 is 29.4 Å². The van der Waals surface area contributed by atoms with Gasteiger partial charge in [0, 0.05) is 24.0 Å². The molecule has 198 valence electrons. The number of hydrogen-bond donors (Lipinski definition) is 4. The molecule has 1 unspecified atom stereocenters. The lowest BCUT2D eigenvalue weighted by molar-refractivity contribution is -0.122. The Bertz CT molecular complexity index is 1080. The molecule has 4 N–H and O–H groups in total. The highest BCUT2D eigenvalue weighted by molar-refractivity contribution is 8.00. The van der Waals surface area contributed by atoms with Crippen LogP contribution in [0, 0.1) is 13.8 Å². The number of imidazole rings is 1. The van der Waals surface area contributed by atoms with Crippen LogP contribution in [0.5, 0.6) is 0 Å². The normalized spacial score (nSPS) is 15.5. The molecule has 0 saturated carbocycles. The molecule has 1 saturated heterocycles. The molecule has 0 radical (unpaired) electrons. The summed E-state index contributed by atoms with van der Waals surface area (Å²) in [6.07, 6.45) is 7.04. The standard InChI is InChI=1S/C25H39N7O3S/c1-4-5-6-12-36-30-21-10-9-18(2)32(25(21)35)16-23(33)27-14-22-19(3)28-17-31(22)15-24(34)29-20-8-7-11-26-13-20/h9-10,17,20,26,30H,4-8,11-16H2,1-3H3,(H,27,33)(H,29,34). The second-order valence-corrected chi connectivity index (χ2v) is 10.1. The Kier molecular flexibility index (Phi) is 10.9. The van der Waals surface area contributed by atoms with Gasteiger partial charge >= 0.3 is 0 Å². The van der Waals surface area contributed by atoms with E-state index in [-0.39, 0.29) is 43.0 Å². The number of pyridine rings is 1. The molecule has 11 heteroatoms. The number of unbranched alkanes of at least 4 members (excludes halogenated alkanes) is 2. The molecule has 2 amide bonds. The Morgan fingerprint density at radius 3 is 2.78 bits per heavy atom. The van der Waals surface area contributed by atoms with E-state index in [1.165, 1.54) is 16.5 Å². The molecule has 0 aliphatic carbocycles. The van der Waals surface area contributed by atoms with Gasteiger partial charge in [-0.05, 0) is 51.8 Å². The van der Waals surface area contributed by atoms with E-state index in [2.05, 4.69) is 32.6 Å². The average molecular weight is 518 g/mol. The minimum Gasteiger partial charge on any atom is -0.351 e. The van der Waals surface area contributed by atoms with E-state index in [9.17, 15) is 14.4 Å². The largest absolute Gasteiger partial charge is 0.351 e. The fourth-order valence-corrected chi connectivity index (χ4v) is 4.92. The van der Waals surface area contributed by atoms with Crippen LogP contribution >= 0.6 is 11.9 Å². The van der Waals surface area contributed by atoms with E-state index >= 15 is 0 Å². The fourth-order valence-electron chi connectivity index (χ4n) is 4.16. The van der Waals surface area contributed by atoms with Gasteiger partial charge in [-0.2, -0.15) is 0 Å². The molecule has 36 heavy (non-hydrogen) atoms. The predicted molar refractivity (Wildman–Crippen MR) is 144 cm³/mol. The van der Waals surface area contributed by atoms with Gasteiger partial charge in [0.2, 0.25) is 11.8 Å². The van der Waals surface area contributed by atoms with Gasteiger partial charge in [-0.1, -0.05) is 31.7 Å². The molecule has 0 aromatic carbocycles. The van der Waals surface area contributed by atoms with Crippen molar-refractivity contribution in [2.75, 3.05) is 23.6 Å². The lowest BCUT2D eigenvalue weighted by atomic mass is 10.1. The molecular weight excluding hydrogens is 478 g/mol. The summed E-state index contributed by atoms with van der Waals surface area (Å²) in [5.74, 6) is 0.565. The summed E-state index contributed by atoms with van der Waals surface area (Å²) < 4.78 is 6.36. The highest BCUT2D eigenvalue weighted by atomic mass is 32.2. The number of nitrogens with zero attached hydrogens (tertiary/aromatic N) is 3. The van der Waals surface area contributed by atoms with Crippen molar-refractivity contribution in [1.29, 1.82) is 0 Å². The molecule has 1 fully saturated rings. The van der Waals surface area contributed by atoms with Crippen LogP contribution in [0.4, 0.5) is 5.69 Å². The minimum atomic E-state index is -0.280. The zero-order valence-corrected chi connectivity index (χ0v) is 22.4. The van der Waals surface area contributed by atoms with Gasteiger partial charge in [-0.25, -0.2) is 4.98 Å². The molecule has 3 rings (SSSR count). The number of piperidine rings is 1. The van der Waals surface area contributed by atoms with Crippen molar-refractivity contribution in [3.8, 4) is 0 Å². The summed E-state index contributed by atoms with van der Waals surface area (Å²) in [4.78, 5) is 42.5. The van der Waals surface area contributed by atoms with Crippen molar-refractivity contribution in [2.24, 2.45) is 0 Å². The van der Waals surface area contributed by atoms with Crippen LogP contribution < -0.4 is 26.2 Å². The smallest absolute Gasteiger partial charge is 0.275 e. The highest BCUT2D eigenvalue weighted by Gasteiger charge is 2.18. The van der Waals surface area contributed by atoms with E-state index in [1.807, 2.05) is 19.9 Å². The summed E-state index contributed by atoms with van der Waals surface area (Å²) in [5.41, 5.74) is 2.49. The number of amides is 2. The van der Waals surface area contributed by atoms with Crippen LogP contribution in [0.25, 0.3) is 0 Å². The second-order valence-electron chi connectivity index (χ2n) is 9.23. The first kappa shape index (κ1) is 27.8. The number of hydrogen-bond acceptors (Lipinski definition) is 7. The SMILES string of the molecule is CCCCCSNc1ccc(C)n(CC(=O)NCc2c(C)ncn2CC(=O)NC2CCCNC2)c1=O. The Hall–Kier alpha value is -2.79. The maximum Gasteiger partial charge on any atom is 0.275 e. The summed E-state index contributed by atoms with van der Waals surface area (Å²) in [5, 5.41) is 9.23. The third-order valence-electron chi connectivity index (χ3n) is 6.31. The quantitative estimate of drug-likeness (QED) is 0.237. The molecule has 10 nitrogen and oxygen atoms in total. The molecule has 2 aromatic heterocycles. The molecule has 2 aromatic rings. The molecule has 0 bridgehead atoms. The Balaban J connectivity index is 1.55. The number of carbonyl (C=O) groups is 2. The fraction of sp³-hybridized carbons (Fsp3) is 0.600. The molecule has 3 heterocycles. The zero-order valence-electron chi connectivity index (χ0n) is 21.6. The monoisotopic (exact) mass is 517 g/mol. The number of aryl methyl sites for hydroxylation is 2. The van der Waals surface area contributed by atoms with E-state index in [4.69, 9.17) is 0 Å². The van der Waals surface area contributed by atoms with Gasteiger partial charge in [0.15, 0.2) is 0 Å². The summed E-state index contributed by atoms with van der Waals surface area (Å²) in [6.45, 7) is 7.88. The second kappa shape index (κ2) is 14.1. The molecule has 1 atom stereocenters. The Morgan fingerprint density at radius 2 is 2.03 bits per heavy atom. The van der Waals surface area contributed by atoms with Crippen molar-refractivity contribution in [3.63, 3.8) is 0 Å². The van der Waals surface area contributed by atoms with Crippen molar-refractivity contribution in [2.45, 2.75) is 78.6 Å². The maximum atomic E-state index is 12.9. The molecule has 1 aliphatic heterocycles. The third-order valence-corrected chi connectivity index (χ3v) is 7.17. The summed E-state index contributed by atoms with van der Waals surface area (Å²) in [6, 6.07) is 3.74. The van der Waals surface area contributed by atoms with Gasteiger partial charge in [0.25, 0.3) is 5.56 Å². The summed E-state index contributed by atoms with van der Waals surface area (Å²) in [7, 11) is 0. The first-order chi connectivity index (χ1) is 17.4. The van der Waals surface area contributed by atoms with Crippen molar-refractivity contribution < 1.29 is 9.59 Å². The van der Waals surface area contributed by atoms with Gasteiger partial charge < -0.3 is 29.8 Å². The minimum absolute atomic E-state index is 0.0762. The summed E-state index contributed by atoms with van der Waals surface area (Å²) >= 11 is 1.51.